The average molecular weight is 336 g/mol. The Bertz CT molecular complexity index is 700. The minimum absolute atomic E-state index is 0.196. The number of Topliss-reactive ketones (excluding diaryl/α,β-unsaturated/α-hetero) is 1. The van der Waals surface area contributed by atoms with E-state index in [1.807, 2.05) is 60.7 Å². The lowest BCUT2D eigenvalue weighted by atomic mass is 10.0. The van der Waals surface area contributed by atoms with Crippen molar-refractivity contribution in [3.8, 4) is 0 Å². The van der Waals surface area contributed by atoms with Gasteiger partial charge in [0.1, 0.15) is 0 Å². The fraction of sp³-hybridized carbons (Fsp3) is 0.333. The summed E-state index contributed by atoms with van der Waals surface area (Å²) in [6.45, 7) is 1.26. The number of hydrogen-bond acceptors (Lipinski definition) is 3. The summed E-state index contributed by atoms with van der Waals surface area (Å²) >= 11 is 0. The summed E-state index contributed by atoms with van der Waals surface area (Å²) in [6.07, 6.45) is 2.82. The van der Waals surface area contributed by atoms with Crippen LogP contribution in [-0.2, 0) is 16.0 Å². The maximum Gasteiger partial charge on any atom is 0.290 e. The molecule has 0 bridgehead atoms. The molecule has 1 heterocycles. The Morgan fingerprint density at radius 1 is 1.00 bits per heavy atom. The van der Waals surface area contributed by atoms with Crippen LogP contribution in [0.2, 0.25) is 0 Å². The van der Waals surface area contributed by atoms with Gasteiger partial charge in [-0.1, -0.05) is 48.5 Å². The number of piperidine rings is 1. The first-order chi connectivity index (χ1) is 12.2. The van der Waals surface area contributed by atoms with Crippen LogP contribution in [0.5, 0.6) is 0 Å². The van der Waals surface area contributed by atoms with Gasteiger partial charge in [0.05, 0.1) is 0 Å². The topological polar surface area (TPSA) is 49.4 Å². The van der Waals surface area contributed by atoms with E-state index in [4.69, 9.17) is 0 Å². The third-order valence-electron chi connectivity index (χ3n) is 4.58. The van der Waals surface area contributed by atoms with Crippen LogP contribution >= 0.6 is 0 Å². The van der Waals surface area contributed by atoms with Crippen LogP contribution in [0.25, 0.3) is 0 Å². The third-order valence-corrected chi connectivity index (χ3v) is 4.58. The van der Waals surface area contributed by atoms with Crippen LogP contribution < -0.4 is 5.32 Å². The zero-order valence-corrected chi connectivity index (χ0v) is 14.4. The predicted molar refractivity (Wildman–Crippen MR) is 99.4 cm³/mol. The van der Waals surface area contributed by atoms with Gasteiger partial charge in [-0.15, -0.1) is 0 Å². The predicted octanol–water partition coefficient (Wildman–Crippen LogP) is 3.29. The van der Waals surface area contributed by atoms with Gasteiger partial charge in [0, 0.05) is 31.2 Å². The van der Waals surface area contributed by atoms with Gasteiger partial charge in [-0.3, -0.25) is 9.59 Å². The zero-order valence-electron chi connectivity index (χ0n) is 14.4. The number of hydrogen-bond donors (Lipinski definition) is 1. The Kier molecular flexibility index (Phi) is 5.83. The van der Waals surface area contributed by atoms with Crippen LogP contribution in [-0.4, -0.2) is 35.7 Å². The highest BCUT2D eigenvalue weighted by molar-refractivity contribution is 6.36. The summed E-state index contributed by atoms with van der Waals surface area (Å²) in [6, 6.07) is 20.0. The fourth-order valence-corrected chi connectivity index (χ4v) is 3.24. The molecule has 0 unspecified atom stereocenters. The molecule has 130 valence electrons. The normalized spacial score (nSPS) is 17.1. The van der Waals surface area contributed by atoms with Gasteiger partial charge in [0.25, 0.3) is 5.91 Å². The molecule has 1 saturated heterocycles. The zero-order chi connectivity index (χ0) is 17.5. The van der Waals surface area contributed by atoms with E-state index in [-0.39, 0.29) is 24.2 Å². The van der Waals surface area contributed by atoms with Crippen molar-refractivity contribution in [1.29, 1.82) is 0 Å². The first-order valence-corrected chi connectivity index (χ1v) is 8.90. The number of carbonyl (C=O) groups is 2. The van der Waals surface area contributed by atoms with E-state index in [0.29, 0.717) is 19.5 Å². The maximum atomic E-state index is 12.5. The minimum Gasteiger partial charge on any atom is -0.381 e. The molecule has 2 aromatic carbocycles. The number of amides is 1. The van der Waals surface area contributed by atoms with E-state index >= 15 is 0 Å². The molecule has 0 spiro atoms. The minimum atomic E-state index is -0.338. The van der Waals surface area contributed by atoms with Crippen LogP contribution in [0.1, 0.15) is 24.8 Å². The molecule has 2 aromatic rings. The highest BCUT2D eigenvalue weighted by Crippen LogP contribution is 2.16. The smallest absolute Gasteiger partial charge is 0.290 e. The van der Waals surface area contributed by atoms with Crippen LogP contribution in [0, 0.1) is 0 Å². The molecule has 1 fully saturated rings. The molecule has 0 saturated carbocycles. The van der Waals surface area contributed by atoms with E-state index in [0.717, 1.165) is 24.1 Å². The summed E-state index contributed by atoms with van der Waals surface area (Å²) < 4.78 is 0. The average Bonchev–Trinajstić information content (AvgIpc) is 2.67. The molecule has 0 radical (unpaired) electrons. The first kappa shape index (κ1) is 17.2. The number of rotatable bonds is 6. The van der Waals surface area contributed by atoms with Gasteiger partial charge >= 0.3 is 0 Å². The second kappa shape index (κ2) is 8.47. The number of benzene rings is 2. The van der Waals surface area contributed by atoms with Gasteiger partial charge < -0.3 is 10.2 Å². The number of ketones is 1. The van der Waals surface area contributed by atoms with Gasteiger partial charge in [0.15, 0.2) is 0 Å². The van der Waals surface area contributed by atoms with Crippen molar-refractivity contribution in [1.82, 2.24) is 4.90 Å². The Labute approximate surface area is 148 Å². The van der Waals surface area contributed by atoms with Crippen LogP contribution in [0.3, 0.4) is 0 Å². The third kappa shape index (κ3) is 4.92. The second-order valence-electron chi connectivity index (χ2n) is 6.51. The van der Waals surface area contributed by atoms with Gasteiger partial charge in [-0.2, -0.15) is 0 Å². The quantitative estimate of drug-likeness (QED) is 0.824. The molecule has 1 atom stereocenters. The molecule has 25 heavy (non-hydrogen) atoms. The van der Waals surface area contributed by atoms with Crippen molar-refractivity contribution in [2.45, 2.75) is 31.7 Å². The highest BCUT2D eigenvalue weighted by atomic mass is 16.2. The molecule has 1 amide bonds. The molecule has 1 aliphatic heterocycles. The number of aryl methyl sites for hydroxylation is 1. The molecule has 1 aliphatic rings. The lowest BCUT2D eigenvalue weighted by Gasteiger charge is -2.33. The van der Waals surface area contributed by atoms with Crippen LogP contribution in [0.4, 0.5) is 5.69 Å². The molecular weight excluding hydrogens is 312 g/mol. The molecule has 0 aliphatic carbocycles. The summed E-state index contributed by atoms with van der Waals surface area (Å²) in [5.74, 6) is -0.625. The van der Waals surface area contributed by atoms with Crippen molar-refractivity contribution in [3.63, 3.8) is 0 Å². The van der Waals surface area contributed by atoms with E-state index in [2.05, 4.69) is 5.32 Å². The summed E-state index contributed by atoms with van der Waals surface area (Å²) in [4.78, 5) is 26.4. The molecular formula is C21H24N2O2. The van der Waals surface area contributed by atoms with Crippen molar-refractivity contribution >= 4 is 17.4 Å². The Morgan fingerprint density at radius 3 is 2.40 bits per heavy atom. The second-order valence-corrected chi connectivity index (χ2v) is 6.51. The summed E-state index contributed by atoms with van der Waals surface area (Å²) in [5.41, 5.74) is 2.14. The number of para-hydroxylation sites is 1. The standard InChI is InChI=1S/C21H24N2O2/c24-20(14-13-17-8-3-1-4-9-17)21(25)23-15-7-12-19(16-23)22-18-10-5-2-6-11-18/h1-6,8-11,19,22H,7,12-16H2/t19-/m0/s1. The lowest BCUT2D eigenvalue weighted by molar-refractivity contribution is -0.145. The summed E-state index contributed by atoms with van der Waals surface area (Å²) in [7, 11) is 0. The Balaban J connectivity index is 1.51. The molecule has 0 aromatic heterocycles. The summed E-state index contributed by atoms with van der Waals surface area (Å²) in [5, 5.41) is 3.46. The largest absolute Gasteiger partial charge is 0.381 e. The maximum absolute atomic E-state index is 12.5. The number of nitrogens with one attached hydrogen (secondary N) is 1. The molecule has 4 nitrogen and oxygen atoms in total. The van der Waals surface area contributed by atoms with Gasteiger partial charge in [0.2, 0.25) is 5.78 Å². The molecule has 3 rings (SSSR count). The van der Waals surface area contributed by atoms with Crippen molar-refractivity contribution in [2.75, 3.05) is 18.4 Å². The Morgan fingerprint density at radius 2 is 1.68 bits per heavy atom. The highest BCUT2D eigenvalue weighted by Gasteiger charge is 2.27. The van der Waals surface area contributed by atoms with Crippen molar-refractivity contribution in [3.05, 3.63) is 66.2 Å². The Hall–Kier alpha value is -2.62. The lowest BCUT2D eigenvalue weighted by Crippen LogP contribution is -2.47. The van der Waals surface area contributed by atoms with Crippen molar-refractivity contribution < 1.29 is 9.59 Å². The molecule has 4 heteroatoms. The number of likely N-dealkylation sites (tertiary alicyclic amines) is 1. The fourth-order valence-electron chi connectivity index (χ4n) is 3.24. The van der Waals surface area contributed by atoms with Gasteiger partial charge in [-0.25, -0.2) is 0 Å². The number of carbonyl (C=O) groups excluding carboxylic acids is 2. The number of anilines is 1. The first-order valence-electron chi connectivity index (χ1n) is 8.90. The van der Waals surface area contributed by atoms with E-state index in [9.17, 15) is 9.59 Å². The SMILES string of the molecule is O=C(CCc1ccccc1)C(=O)N1CCC[C@H](Nc2ccccc2)C1. The van der Waals surface area contributed by atoms with E-state index in [1.54, 1.807) is 4.90 Å². The van der Waals surface area contributed by atoms with Crippen molar-refractivity contribution in [2.24, 2.45) is 0 Å². The van der Waals surface area contributed by atoms with Gasteiger partial charge in [-0.05, 0) is 37.0 Å². The van der Waals surface area contributed by atoms with Crippen LogP contribution in [0.15, 0.2) is 60.7 Å². The molecule has 1 N–H and O–H groups in total. The van der Waals surface area contributed by atoms with E-state index in [1.165, 1.54) is 0 Å². The van der Waals surface area contributed by atoms with E-state index < -0.39 is 0 Å². The monoisotopic (exact) mass is 336 g/mol. The number of nitrogens with zero attached hydrogens (tertiary/aromatic N) is 1.